The van der Waals surface area contributed by atoms with Crippen LogP contribution < -0.4 is 0 Å². The summed E-state index contributed by atoms with van der Waals surface area (Å²) in [5, 5.41) is 10.3. The maximum atomic E-state index is 13.5. The van der Waals surface area contributed by atoms with Gasteiger partial charge in [-0.25, -0.2) is 9.59 Å². The number of pyridine rings is 1. The molecule has 1 N–H and O–H groups in total. The van der Waals surface area contributed by atoms with E-state index in [0.29, 0.717) is 22.4 Å². The SMILES string of the molecule is CCOC(=O)c1ccccc1-c1cc(C(=O)N(Cc2ccccc2)C[C@@H](O)C(=O)OCC)ccn1. The summed E-state index contributed by atoms with van der Waals surface area (Å²) in [5.74, 6) is -1.68. The average Bonchev–Trinajstić information content (AvgIpc) is 2.88. The van der Waals surface area contributed by atoms with Gasteiger partial charge in [0.25, 0.3) is 5.91 Å². The first-order valence-corrected chi connectivity index (χ1v) is 11.3. The van der Waals surface area contributed by atoms with E-state index in [0.717, 1.165) is 5.56 Å². The van der Waals surface area contributed by atoms with E-state index in [2.05, 4.69) is 4.98 Å². The van der Waals surface area contributed by atoms with Gasteiger partial charge in [-0.15, -0.1) is 0 Å². The molecular formula is C27H28N2O6. The van der Waals surface area contributed by atoms with Crippen LogP contribution in [0.25, 0.3) is 11.3 Å². The smallest absolute Gasteiger partial charge is 0.338 e. The van der Waals surface area contributed by atoms with Gasteiger partial charge >= 0.3 is 11.9 Å². The van der Waals surface area contributed by atoms with Gasteiger partial charge in [0.2, 0.25) is 0 Å². The van der Waals surface area contributed by atoms with Crippen LogP contribution in [0.5, 0.6) is 0 Å². The largest absolute Gasteiger partial charge is 0.464 e. The van der Waals surface area contributed by atoms with Gasteiger partial charge in [0.1, 0.15) is 0 Å². The highest BCUT2D eigenvalue weighted by atomic mass is 16.5. The van der Waals surface area contributed by atoms with Gasteiger partial charge in [-0.1, -0.05) is 48.5 Å². The number of hydrogen-bond donors (Lipinski definition) is 1. The highest BCUT2D eigenvalue weighted by Gasteiger charge is 2.25. The minimum Gasteiger partial charge on any atom is -0.464 e. The first-order chi connectivity index (χ1) is 16.9. The summed E-state index contributed by atoms with van der Waals surface area (Å²) < 4.78 is 10.0. The molecule has 0 bridgehead atoms. The van der Waals surface area contributed by atoms with Gasteiger partial charge in [0, 0.05) is 23.9 Å². The molecule has 3 aromatic rings. The molecule has 0 fully saturated rings. The first kappa shape index (κ1) is 25.6. The number of hydrogen-bond acceptors (Lipinski definition) is 7. The Morgan fingerprint density at radius 2 is 1.63 bits per heavy atom. The second-order valence-corrected chi connectivity index (χ2v) is 7.63. The Morgan fingerprint density at radius 3 is 2.34 bits per heavy atom. The predicted octanol–water partition coefficient (Wildman–Crippen LogP) is 3.49. The van der Waals surface area contributed by atoms with E-state index >= 15 is 0 Å². The van der Waals surface area contributed by atoms with E-state index in [-0.39, 0.29) is 26.3 Å². The molecule has 0 spiro atoms. The standard InChI is InChI=1S/C27H28N2O6/c1-3-34-26(32)22-13-9-8-12-21(22)23-16-20(14-15-28-23)25(31)29(17-19-10-6-5-7-11-19)18-24(30)27(33)35-4-2/h5-16,24,30H,3-4,17-18H2,1-2H3/t24-/m1/s1. The van der Waals surface area contributed by atoms with Crippen molar-refractivity contribution < 1.29 is 29.0 Å². The number of rotatable bonds is 10. The normalized spacial score (nSPS) is 11.4. The molecule has 1 atom stereocenters. The summed E-state index contributed by atoms with van der Waals surface area (Å²) in [6.07, 6.45) is -0.0130. The number of amides is 1. The van der Waals surface area contributed by atoms with Gasteiger partial charge in [-0.3, -0.25) is 9.78 Å². The molecule has 35 heavy (non-hydrogen) atoms. The fourth-order valence-corrected chi connectivity index (χ4v) is 3.53. The number of carbonyl (C=O) groups excluding carboxylic acids is 3. The van der Waals surface area contributed by atoms with Gasteiger partial charge in [-0.05, 0) is 37.6 Å². The fraction of sp³-hybridized carbons (Fsp3) is 0.259. The summed E-state index contributed by atoms with van der Waals surface area (Å²) in [5.41, 5.74) is 2.41. The number of aliphatic hydroxyl groups excluding tert-OH is 1. The molecule has 1 heterocycles. The lowest BCUT2D eigenvalue weighted by atomic mass is 10.0. The summed E-state index contributed by atoms with van der Waals surface area (Å²) in [6.45, 7) is 3.65. The molecule has 1 aromatic heterocycles. The highest BCUT2D eigenvalue weighted by molar-refractivity contribution is 5.99. The van der Waals surface area contributed by atoms with Crippen LogP contribution in [-0.2, 0) is 20.8 Å². The predicted molar refractivity (Wildman–Crippen MR) is 129 cm³/mol. The van der Waals surface area contributed by atoms with E-state index in [4.69, 9.17) is 9.47 Å². The quantitative estimate of drug-likeness (QED) is 0.447. The molecule has 0 saturated heterocycles. The third-order valence-corrected chi connectivity index (χ3v) is 5.16. The summed E-state index contributed by atoms with van der Waals surface area (Å²) in [7, 11) is 0. The van der Waals surface area contributed by atoms with Crippen molar-refractivity contribution in [2.45, 2.75) is 26.5 Å². The molecule has 2 aromatic carbocycles. The zero-order valence-electron chi connectivity index (χ0n) is 19.7. The Hall–Kier alpha value is -4.04. The van der Waals surface area contributed by atoms with Crippen LogP contribution in [0.4, 0.5) is 0 Å². The van der Waals surface area contributed by atoms with Crippen molar-refractivity contribution in [2.75, 3.05) is 19.8 Å². The fourth-order valence-electron chi connectivity index (χ4n) is 3.53. The van der Waals surface area contributed by atoms with Crippen molar-refractivity contribution >= 4 is 17.8 Å². The molecule has 3 rings (SSSR count). The van der Waals surface area contributed by atoms with Gasteiger partial charge in [0.05, 0.1) is 31.0 Å². The molecule has 0 aliphatic rings. The molecule has 0 unspecified atom stereocenters. The molecule has 0 radical (unpaired) electrons. The Bertz CT molecular complexity index is 1170. The van der Waals surface area contributed by atoms with Crippen LogP contribution >= 0.6 is 0 Å². The molecule has 182 valence electrons. The number of benzene rings is 2. The minimum absolute atomic E-state index is 0.121. The topological polar surface area (TPSA) is 106 Å². The zero-order chi connectivity index (χ0) is 25.2. The Balaban J connectivity index is 1.93. The Morgan fingerprint density at radius 1 is 0.943 bits per heavy atom. The second kappa shape index (κ2) is 12.4. The Labute approximate surface area is 204 Å². The molecule has 8 heteroatoms. The molecule has 0 aliphatic carbocycles. The number of nitrogens with zero attached hydrogens (tertiary/aromatic N) is 2. The van der Waals surface area contributed by atoms with E-state index < -0.39 is 23.9 Å². The maximum absolute atomic E-state index is 13.5. The highest BCUT2D eigenvalue weighted by Crippen LogP contribution is 2.24. The van der Waals surface area contributed by atoms with Crippen LogP contribution in [0, 0.1) is 0 Å². The lowest BCUT2D eigenvalue weighted by Crippen LogP contribution is -2.41. The van der Waals surface area contributed by atoms with E-state index in [1.165, 1.54) is 11.1 Å². The second-order valence-electron chi connectivity index (χ2n) is 7.63. The molecular weight excluding hydrogens is 448 g/mol. The number of ether oxygens (including phenoxy) is 2. The van der Waals surface area contributed by atoms with Crippen LogP contribution in [0.2, 0.25) is 0 Å². The van der Waals surface area contributed by atoms with Gasteiger partial charge < -0.3 is 19.5 Å². The van der Waals surface area contributed by atoms with Crippen molar-refractivity contribution in [2.24, 2.45) is 0 Å². The van der Waals surface area contributed by atoms with E-state index in [1.54, 1.807) is 50.2 Å². The lowest BCUT2D eigenvalue weighted by molar-refractivity contribution is -0.153. The number of carbonyl (C=O) groups is 3. The number of aliphatic hydroxyl groups is 1. The van der Waals surface area contributed by atoms with Crippen LogP contribution in [0.15, 0.2) is 72.9 Å². The van der Waals surface area contributed by atoms with Crippen LogP contribution in [0.3, 0.4) is 0 Å². The summed E-state index contributed by atoms with van der Waals surface area (Å²) in [4.78, 5) is 43.7. The van der Waals surface area contributed by atoms with Crippen LogP contribution in [-0.4, -0.2) is 58.7 Å². The number of esters is 2. The number of aromatic nitrogens is 1. The monoisotopic (exact) mass is 476 g/mol. The van der Waals surface area contributed by atoms with Gasteiger partial charge in [-0.2, -0.15) is 0 Å². The molecule has 0 saturated carbocycles. The third-order valence-electron chi connectivity index (χ3n) is 5.16. The van der Waals surface area contributed by atoms with Crippen molar-refractivity contribution in [1.82, 2.24) is 9.88 Å². The van der Waals surface area contributed by atoms with Gasteiger partial charge in [0.15, 0.2) is 6.10 Å². The maximum Gasteiger partial charge on any atom is 0.338 e. The van der Waals surface area contributed by atoms with Crippen molar-refractivity contribution in [3.05, 3.63) is 89.6 Å². The first-order valence-electron chi connectivity index (χ1n) is 11.3. The van der Waals surface area contributed by atoms with E-state index in [9.17, 15) is 19.5 Å². The van der Waals surface area contributed by atoms with Crippen LogP contribution in [0.1, 0.15) is 40.1 Å². The van der Waals surface area contributed by atoms with Crippen molar-refractivity contribution in [3.8, 4) is 11.3 Å². The third kappa shape index (κ3) is 6.74. The Kier molecular flexibility index (Phi) is 9.09. The molecule has 1 amide bonds. The lowest BCUT2D eigenvalue weighted by Gasteiger charge is -2.25. The van der Waals surface area contributed by atoms with E-state index in [1.807, 2.05) is 30.3 Å². The zero-order valence-corrected chi connectivity index (χ0v) is 19.7. The average molecular weight is 477 g/mol. The summed E-state index contributed by atoms with van der Waals surface area (Å²) in [6, 6.07) is 19.2. The van der Waals surface area contributed by atoms with Crippen molar-refractivity contribution in [1.29, 1.82) is 0 Å². The summed E-state index contributed by atoms with van der Waals surface area (Å²) >= 11 is 0. The van der Waals surface area contributed by atoms with Crippen molar-refractivity contribution in [3.63, 3.8) is 0 Å². The minimum atomic E-state index is -1.49. The molecule has 8 nitrogen and oxygen atoms in total. The molecule has 0 aliphatic heterocycles.